The first-order valence-corrected chi connectivity index (χ1v) is 5.35. The van der Waals surface area contributed by atoms with E-state index >= 15 is 0 Å². The average molecular weight is 207 g/mol. The first-order valence-electron chi connectivity index (χ1n) is 5.35. The van der Waals surface area contributed by atoms with Gasteiger partial charge in [-0.15, -0.1) is 0 Å². The second-order valence-electron chi connectivity index (χ2n) is 3.87. The maximum absolute atomic E-state index is 5.62. The fourth-order valence-electron chi connectivity index (χ4n) is 2.12. The first kappa shape index (κ1) is 10.5. The van der Waals surface area contributed by atoms with E-state index in [0.717, 1.165) is 26.1 Å². The highest BCUT2D eigenvalue weighted by Crippen LogP contribution is 2.28. The van der Waals surface area contributed by atoms with Crippen LogP contribution >= 0.6 is 0 Å². The molecule has 1 atom stereocenters. The van der Waals surface area contributed by atoms with Crippen molar-refractivity contribution >= 4 is 0 Å². The van der Waals surface area contributed by atoms with Crippen molar-refractivity contribution in [1.29, 1.82) is 0 Å². The van der Waals surface area contributed by atoms with Crippen LogP contribution in [0, 0.1) is 5.92 Å². The summed E-state index contributed by atoms with van der Waals surface area (Å²) in [4.78, 5) is 4.01. The Morgan fingerprint density at radius 3 is 2.60 bits per heavy atom. The molecule has 15 heavy (non-hydrogen) atoms. The van der Waals surface area contributed by atoms with Crippen molar-refractivity contribution in [3.05, 3.63) is 30.1 Å². The van der Waals surface area contributed by atoms with Crippen molar-refractivity contribution in [3.8, 4) is 0 Å². The number of hydrogen-bond acceptors (Lipinski definition) is 4. The number of hydrogen-bond donors (Lipinski definition) is 2. The van der Waals surface area contributed by atoms with E-state index in [9.17, 15) is 0 Å². The van der Waals surface area contributed by atoms with Gasteiger partial charge in [-0.3, -0.25) is 16.3 Å². The van der Waals surface area contributed by atoms with Crippen LogP contribution in [0.15, 0.2) is 24.5 Å². The fourth-order valence-corrected chi connectivity index (χ4v) is 2.12. The Bertz CT molecular complexity index is 285. The number of pyridine rings is 1. The topological polar surface area (TPSA) is 60.2 Å². The summed E-state index contributed by atoms with van der Waals surface area (Å²) in [6.45, 7) is 1.68. The van der Waals surface area contributed by atoms with Gasteiger partial charge in [0.25, 0.3) is 0 Å². The number of rotatable bonds is 3. The van der Waals surface area contributed by atoms with Gasteiger partial charge in [0.15, 0.2) is 0 Å². The lowest BCUT2D eigenvalue weighted by molar-refractivity contribution is 0.0536. The largest absolute Gasteiger partial charge is 0.381 e. The van der Waals surface area contributed by atoms with Crippen LogP contribution in [0.1, 0.15) is 24.4 Å². The highest BCUT2D eigenvalue weighted by molar-refractivity contribution is 5.15. The maximum Gasteiger partial charge on any atom is 0.0490 e. The lowest BCUT2D eigenvalue weighted by Gasteiger charge is -2.29. The molecule has 1 fully saturated rings. The van der Waals surface area contributed by atoms with E-state index in [1.807, 2.05) is 12.1 Å². The molecule has 0 amide bonds. The van der Waals surface area contributed by atoms with Gasteiger partial charge in [-0.25, -0.2) is 0 Å². The van der Waals surface area contributed by atoms with Gasteiger partial charge in [-0.1, -0.05) is 0 Å². The molecule has 0 radical (unpaired) electrons. The van der Waals surface area contributed by atoms with Crippen molar-refractivity contribution in [2.75, 3.05) is 13.2 Å². The molecule has 3 N–H and O–H groups in total. The molecule has 0 spiro atoms. The van der Waals surface area contributed by atoms with Gasteiger partial charge in [-0.2, -0.15) is 0 Å². The van der Waals surface area contributed by atoms with Crippen LogP contribution in [-0.4, -0.2) is 18.2 Å². The van der Waals surface area contributed by atoms with E-state index in [-0.39, 0.29) is 6.04 Å². The summed E-state index contributed by atoms with van der Waals surface area (Å²) in [7, 11) is 0. The molecular formula is C11H17N3O. The highest BCUT2D eigenvalue weighted by Gasteiger charge is 2.24. The first-order chi connectivity index (χ1) is 7.42. The number of nitrogens with zero attached hydrogens (tertiary/aromatic N) is 1. The fraction of sp³-hybridized carbons (Fsp3) is 0.545. The molecule has 82 valence electrons. The third-order valence-electron chi connectivity index (χ3n) is 2.98. The molecule has 2 rings (SSSR count). The number of aromatic nitrogens is 1. The molecule has 4 nitrogen and oxygen atoms in total. The van der Waals surface area contributed by atoms with Crippen LogP contribution < -0.4 is 11.3 Å². The molecular weight excluding hydrogens is 190 g/mol. The summed E-state index contributed by atoms with van der Waals surface area (Å²) < 4.78 is 5.35. The van der Waals surface area contributed by atoms with E-state index in [4.69, 9.17) is 10.6 Å². The van der Waals surface area contributed by atoms with E-state index in [1.165, 1.54) is 5.56 Å². The number of nitrogens with one attached hydrogen (secondary N) is 1. The zero-order valence-electron chi connectivity index (χ0n) is 8.73. The summed E-state index contributed by atoms with van der Waals surface area (Å²) >= 11 is 0. The van der Waals surface area contributed by atoms with E-state index in [1.54, 1.807) is 12.4 Å². The molecule has 1 unspecified atom stereocenters. The van der Waals surface area contributed by atoms with Crippen molar-refractivity contribution in [2.24, 2.45) is 11.8 Å². The smallest absolute Gasteiger partial charge is 0.0490 e. The zero-order chi connectivity index (χ0) is 10.5. The monoisotopic (exact) mass is 207 g/mol. The molecule has 1 aliphatic rings. The molecule has 1 aromatic rings. The summed E-state index contributed by atoms with van der Waals surface area (Å²) in [5.74, 6) is 6.19. The van der Waals surface area contributed by atoms with Gasteiger partial charge >= 0.3 is 0 Å². The van der Waals surface area contributed by atoms with Crippen LogP contribution in [0.5, 0.6) is 0 Å². The Labute approximate surface area is 89.8 Å². The predicted molar refractivity (Wildman–Crippen MR) is 57.8 cm³/mol. The summed E-state index contributed by atoms with van der Waals surface area (Å²) in [5, 5.41) is 0. The molecule has 1 aromatic heterocycles. The third-order valence-corrected chi connectivity index (χ3v) is 2.98. The molecule has 0 aromatic carbocycles. The van der Waals surface area contributed by atoms with E-state index in [2.05, 4.69) is 10.4 Å². The summed E-state index contributed by atoms with van der Waals surface area (Å²) in [6.07, 6.45) is 5.74. The minimum Gasteiger partial charge on any atom is -0.381 e. The van der Waals surface area contributed by atoms with Gasteiger partial charge in [0.05, 0.1) is 0 Å². The van der Waals surface area contributed by atoms with Crippen LogP contribution in [-0.2, 0) is 4.74 Å². The molecule has 4 heteroatoms. The molecule has 0 saturated carbocycles. The third kappa shape index (κ3) is 2.53. The second kappa shape index (κ2) is 5.21. The van der Waals surface area contributed by atoms with E-state index < -0.39 is 0 Å². The van der Waals surface area contributed by atoms with Crippen LogP contribution in [0.3, 0.4) is 0 Å². The minimum absolute atomic E-state index is 0.219. The Morgan fingerprint density at radius 1 is 1.33 bits per heavy atom. The molecule has 0 aliphatic carbocycles. The van der Waals surface area contributed by atoms with Gasteiger partial charge < -0.3 is 4.74 Å². The van der Waals surface area contributed by atoms with Gasteiger partial charge in [0.1, 0.15) is 0 Å². The summed E-state index contributed by atoms with van der Waals surface area (Å²) in [6, 6.07) is 4.25. The van der Waals surface area contributed by atoms with Crippen LogP contribution in [0.2, 0.25) is 0 Å². The molecule has 1 aliphatic heterocycles. The molecule has 0 bridgehead atoms. The lowest BCUT2D eigenvalue weighted by Crippen LogP contribution is -2.36. The quantitative estimate of drug-likeness (QED) is 0.573. The van der Waals surface area contributed by atoms with Crippen LogP contribution in [0.25, 0.3) is 0 Å². The predicted octanol–water partition coefficient (Wildman–Crippen LogP) is 1.01. The normalized spacial score (nSPS) is 20.1. The number of ether oxygens (including phenoxy) is 1. The van der Waals surface area contributed by atoms with Gasteiger partial charge in [0, 0.05) is 31.6 Å². The number of nitrogens with two attached hydrogens (primary N) is 1. The Hall–Kier alpha value is -0.970. The Morgan fingerprint density at radius 2 is 2.00 bits per heavy atom. The Balaban J connectivity index is 2.09. The number of hydrazine groups is 1. The van der Waals surface area contributed by atoms with Gasteiger partial charge in [-0.05, 0) is 36.5 Å². The minimum atomic E-state index is 0.219. The van der Waals surface area contributed by atoms with Crippen LogP contribution in [0.4, 0.5) is 0 Å². The highest BCUT2D eigenvalue weighted by atomic mass is 16.5. The van der Waals surface area contributed by atoms with Crippen molar-refractivity contribution < 1.29 is 4.74 Å². The molecule has 2 heterocycles. The Kier molecular flexibility index (Phi) is 3.66. The lowest BCUT2D eigenvalue weighted by atomic mass is 9.88. The average Bonchev–Trinajstić information content (AvgIpc) is 2.33. The SMILES string of the molecule is NNC(c1ccncc1)C1CCOCC1. The van der Waals surface area contributed by atoms with Gasteiger partial charge in [0.2, 0.25) is 0 Å². The van der Waals surface area contributed by atoms with E-state index in [0.29, 0.717) is 5.92 Å². The second-order valence-corrected chi connectivity index (χ2v) is 3.87. The van der Waals surface area contributed by atoms with Crippen molar-refractivity contribution in [1.82, 2.24) is 10.4 Å². The zero-order valence-corrected chi connectivity index (χ0v) is 8.73. The summed E-state index contributed by atoms with van der Waals surface area (Å²) in [5.41, 5.74) is 4.11. The standard InChI is InChI=1S/C11H17N3O/c12-14-11(9-1-5-13-6-2-9)10-3-7-15-8-4-10/h1-2,5-6,10-11,14H,3-4,7-8,12H2. The maximum atomic E-state index is 5.62. The molecule has 1 saturated heterocycles. The van der Waals surface area contributed by atoms with Crippen molar-refractivity contribution in [3.63, 3.8) is 0 Å². The van der Waals surface area contributed by atoms with Crippen molar-refractivity contribution in [2.45, 2.75) is 18.9 Å².